The van der Waals surface area contributed by atoms with Gasteiger partial charge in [-0.1, -0.05) is 30.9 Å². The average Bonchev–Trinajstić information content (AvgIpc) is 2.88. The summed E-state index contributed by atoms with van der Waals surface area (Å²) in [5.74, 6) is -0.722. The SMILES string of the molecule is Cc1c(Cl)c(C(F)(F)F)nn1[C@@H](C)C(=O)NNC(=O)NC1CCCCC1. The summed E-state index contributed by atoms with van der Waals surface area (Å²) in [7, 11) is 0. The van der Waals surface area contributed by atoms with Crippen LogP contribution in [0.2, 0.25) is 5.02 Å². The van der Waals surface area contributed by atoms with Crippen LogP contribution in [-0.4, -0.2) is 27.8 Å². The van der Waals surface area contributed by atoms with Crippen LogP contribution >= 0.6 is 11.6 Å². The third kappa shape index (κ3) is 4.80. The molecule has 0 aliphatic heterocycles. The van der Waals surface area contributed by atoms with Gasteiger partial charge in [-0.05, 0) is 26.7 Å². The first-order valence-corrected chi connectivity index (χ1v) is 8.67. The minimum Gasteiger partial charge on any atom is -0.334 e. The Morgan fingerprint density at radius 3 is 2.38 bits per heavy atom. The third-order valence-corrected chi connectivity index (χ3v) is 4.78. The number of hydrogen-bond acceptors (Lipinski definition) is 3. The molecule has 0 aromatic carbocycles. The predicted molar refractivity (Wildman–Crippen MR) is 88.4 cm³/mol. The number of urea groups is 1. The van der Waals surface area contributed by atoms with Crippen LogP contribution < -0.4 is 16.2 Å². The van der Waals surface area contributed by atoms with E-state index in [1.165, 1.54) is 13.8 Å². The second-order valence-electron chi connectivity index (χ2n) is 6.29. The van der Waals surface area contributed by atoms with Crippen LogP contribution in [0.25, 0.3) is 0 Å². The number of halogens is 4. The van der Waals surface area contributed by atoms with Gasteiger partial charge in [0.05, 0.1) is 10.7 Å². The number of amides is 3. The van der Waals surface area contributed by atoms with Crippen molar-refractivity contribution >= 4 is 23.5 Å². The number of hydrazine groups is 1. The van der Waals surface area contributed by atoms with Crippen molar-refractivity contribution in [2.75, 3.05) is 0 Å². The van der Waals surface area contributed by atoms with E-state index < -0.39 is 34.9 Å². The van der Waals surface area contributed by atoms with Crippen molar-refractivity contribution in [3.63, 3.8) is 0 Å². The van der Waals surface area contributed by atoms with Gasteiger partial charge in [0.1, 0.15) is 6.04 Å². The zero-order valence-corrected chi connectivity index (χ0v) is 15.2. The fourth-order valence-corrected chi connectivity index (χ4v) is 3.09. The molecule has 146 valence electrons. The molecular weight excluding hydrogens is 375 g/mol. The van der Waals surface area contributed by atoms with Gasteiger partial charge in [-0.25, -0.2) is 10.2 Å². The number of alkyl halides is 3. The van der Waals surface area contributed by atoms with Crippen LogP contribution in [-0.2, 0) is 11.0 Å². The molecule has 1 aromatic heterocycles. The molecule has 7 nitrogen and oxygen atoms in total. The fourth-order valence-electron chi connectivity index (χ4n) is 2.86. The molecule has 0 saturated heterocycles. The van der Waals surface area contributed by atoms with Gasteiger partial charge >= 0.3 is 12.2 Å². The van der Waals surface area contributed by atoms with Gasteiger partial charge < -0.3 is 5.32 Å². The molecule has 1 aromatic rings. The molecule has 3 N–H and O–H groups in total. The smallest absolute Gasteiger partial charge is 0.334 e. The second-order valence-corrected chi connectivity index (χ2v) is 6.67. The van der Waals surface area contributed by atoms with Crippen LogP contribution in [0.1, 0.15) is 56.5 Å². The molecule has 2 rings (SSSR count). The van der Waals surface area contributed by atoms with E-state index >= 15 is 0 Å². The van der Waals surface area contributed by atoms with E-state index in [0.717, 1.165) is 36.8 Å². The zero-order chi connectivity index (χ0) is 19.5. The first-order chi connectivity index (χ1) is 12.1. The number of carbonyl (C=O) groups is 2. The first kappa shape index (κ1) is 20.3. The molecule has 1 aliphatic rings. The Kier molecular flexibility index (Phi) is 6.38. The number of aromatic nitrogens is 2. The quantitative estimate of drug-likeness (QED) is 0.687. The summed E-state index contributed by atoms with van der Waals surface area (Å²) >= 11 is 5.67. The van der Waals surface area contributed by atoms with E-state index in [4.69, 9.17) is 11.6 Å². The topological polar surface area (TPSA) is 88.1 Å². The normalized spacial score (nSPS) is 16.8. The Hall–Kier alpha value is -1.97. The minimum atomic E-state index is -4.72. The maximum atomic E-state index is 12.9. The van der Waals surface area contributed by atoms with Gasteiger partial charge in [-0.2, -0.15) is 18.3 Å². The molecule has 0 radical (unpaired) electrons. The number of nitrogens with one attached hydrogen (secondary N) is 3. The van der Waals surface area contributed by atoms with Crippen LogP contribution in [0.4, 0.5) is 18.0 Å². The molecule has 1 fully saturated rings. The Labute approximate surface area is 153 Å². The number of carbonyl (C=O) groups excluding carboxylic acids is 2. The van der Waals surface area contributed by atoms with Crippen molar-refractivity contribution in [1.82, 2.24) is 25.9 Å². The molecule has 26 heavy (non-hydrogen) atoms. The lowest BCUT2D eigenvalue weighted by atomic mass is 9.96. The van der Waals surface area contributed by atoms with Gasteiger partial charge in [0.15, 0.2) is 5.69 Å². The number of hydrogen-bond donors (Lipinski definition) is 3. The van der Waals surface area contributed by atoms with Gasteiger partial charge in [0, 0.05) is 6.04 Å². The van der Waals surface area contributed by atoms with Crippen molar-refractivity contribution in [2.45, 2.75) is 64.2 Å². The van der Waals surface area contributed by atoms with Gasteiger partial charge in [-0.15, -0.1) is 0 Å². The van der Waals surface area contributed by atoms with Crippen molar-refractivity contribution < 1.29 is 22.8 Å². The van der Waals surface area contributed by atoms with Gasteiger partial charge in [0.25, 0.3) is 5.91 Å². The maximum Gasteiger partial charge on any atom is 0.436 e. The van der Waals surface area contributed by atoms with E-state index in [2.05, 4.69) is 21.3 Å². The number of rotatable bonds is 3. The molecule has 1 atom stereocenters. The largest absolute Gasteiger partial charge is 0.436 e. The lowest BCUT2D eigenvalue weighted by Crippen LogP contribution is -2.51. The summed E-state index contributed by atoms with van der Waals surface area (Å²) in [5, 5.41) is 5.58. The molecular formula is C15H21ClF3N5O2. The Morgan fingerprint density at radius 2 is 1.85 bits per heavy atom. The van der Waals surface area contributed by atoms with Crippen LogP contribution in [0.5, 0.6) is 0 Å². The summed E-state index contributed by atoms with van der Waals surface area (Å²) in [6.07, 6.45) is 0.248. The molecule has 0 unspecified atom stereocenters. The van der Waals surface area contributed by atoms with Crippen LogP contribution in [0.15, 0.2) is 0 Å². The Balaban J connectivity index is 1.94. The van der Waals surface area contributed by atoms with Gasteiger partial charge in [0.2, 0.25) is 0 Å². The van der Waals surface area contributed by atoms with Crippen molar-refractivity contribution in [1.29, 1.82) is 0 Å². The summed E-state index contributed by atoms with van der Waals surface area (Å²) in [5.41, 5.74) is 3.14. The van der Waals surface area contributed by atoms with E-state index in [-0.39, 0.29) is 11.7 Å². The summed E-state index contributed by atoms with van der Waals surface area (Å²) < 4.78 is 39.4. The molecule has 0 bridgehead atoms. The van der Waals surface area contributed by atoms with E-state index in [9.17, 15) is 22.8 Å². The molecule has 11 heteroatoms. The highest BCUT2D eigenvalue weighted by molar-refractivity contribution is 6.32. The summed E-state index contributed by atoms with van der Waals surface area (Å²) in [6.45, 7) is 2.68. The van der Waals surface area contributed by atoms with E-state index in [1.807, 2.05) is 0 Å². The lowest BCUT2D eigenvalue weighted by molar-refractivity contribution is -0.141. The zero-order valence-electron chi connectivity index (χ0n) is 14.4. The number of nitrogens with zero attached hydrogens (tertiary/aromatic N) is 2. The third-order valence-electron chi connectivity index (χ3n) is 4.33. The second kappa shape index (κ2) is 8.15. The molecule has 3 amide bonds. The highest BCUT2D eigenvalue weighted by Gasteiger charge is 2.39. The van der Waals surface area contributed by atoms with Gasteiger partial charge in [-0.3, -0.25) is 14.9 Å². The average molecular weight is 396 g/mol. The molecule has 1 aliphatic carbocycles. The molecule has 1 heterocycles. The van der Waals surface area contributed by atoms with Crippen molar-refractivity contribution in [3.05, 3.63) is 16.4 Å². The standard InChI is InChI=1S/C15H21ClF3N5O2/c1-8-11(16)12(15(17,18)19)23-24(8)9(2)13(25)21-22-14(26)20-10-6-4-3-5-7-10/h9-10H,3-7H2,1-2H3,(H,21,25)(H2,20,22,26)/t9-/m0/s1. The maximum absolute atomic E-state index is 12.9. The molecule has 1 saturated carbocycles. The van der Waals surface area contributed by atoms with Crippen LogP contribution in [0.3, 0.4) is 0 Å². The minimum absolute atomic E-state index is 0.00768. The predicted octanol–water partition coefficient (Wildman–Crippen LogP) is 3.09. The molecule has 0 spiro atoms. The Bertz CT molecular complexity index is 671. The summed E-state index contributed by atoms with van der Waals surface area (Å²) in [6, 6.07) is -1.61. The van der Waals surface area contributed by atoms with E-state index in [1.54, 1.807) is 0 Å². The monoisotopic (exact) mass is 395 g/mol. The highest BCUT2D eigenvalue weighted by atomic mass is 35.5. The Morgan fingerprint density at radius 1 is 1.23 bits per heavy atom. The fraction of sp³-hybridized carbons (Fsp3) is 0.667. The summed E-state index contributed by atoms with van der Waals surface area (Å²) in [4.78, 5) is 23.9. The lowest BCUT2D eigenvalue weighted by Gasteiger charge is -2.23. The van der Waals surface area contributed by atoms with E-state index in [0.29, 0.717) is 0 Å². The highest BCUT2D eigenvalue weighted by Crippen LogP contribution is 2.36. The first-order valence-electron chi connectivity index (χ1n) is 8.29. The van der Waals surface area contributed by atoms with Crippen molar-refractivity contribution in [3.8, 4) is 0 Å². The van der Waals surface area contributed by atoms with Crippen LogP contribution in [0, 0.1) is 6.92 Å². The van der Waals surface area contributed by atoms with Crippen molar-refractivity contribution in [2.24, 2.45) is 0 Å².